The maximum absolute atomic E-state index is 12.6. The van der Waals surface area contributed by atoms with E-state index in [4.69, 9.17) is 23.7 Å². The highest BCUT2D eigenvalue weighted by Gasteiger charge is 2.18. The van der Waals surface area contributed by atoms with Gasteiger partial charge in [-0.1, -0.05) is 0 Å². The lowest BCUT2D eigenvalue weighted by molar-refractivity contribution is 0.0679. The Labute approximate surface area is 164 Å². The number of carbonyl (C=O) groups is 1. The van der Waals surface area contributed by atoms with Crippen LogP contribution in [0.5, 0.6) is 23.0 Å². The summed E-state index contributed by atoms with van der Waals surface area (Å²) < 4.78 is 27.1. The number of benzene rings is 2. The molecule has 0 aromatic heterocycles. The first-order chi connectivity index (χ1) is 13.6. The van der Waals surface area contributed by atoms with E-state index >= 15 is 0 Å². The van der Waals surface area contributed by atoms with E-state index in [1.165, 1.54) is 21.3 Å². The Kier molecular flexibility index (Phi) is 6.60. The summed E-state index contributed by atoms with van der Waals surface area (Å²) in [5.41, 5.74) is 1.05. The maximum atomic E-state index is 12.6. The Balaban J connectivity index is 1.65. The van der Waals surface area contributed by atoms with Crippen molar-refractivity contribution in [1.82, 2.24) is 0 Å². The van der Waals surface area contributed by atoms with Gasteiger partial charge in [-0.05, 0) is 49.2 Å². The van der Waals surface area contributed by atoms with Gasteiger partial charge in [0.25, 0.3) is 5.91 Å². The first kappa shape index (κ1) is 19.8. The molecule has 1 aliphatic rings. The van der Waals surface area contributed by atoms with Crippen LogP contribution in [0.25, 0.3) is 0 Å². The summed E-state index contributed by atoms with van der Waals surface area (Å²) in [6, 6.07) is 10.4. The minimum atomic E-state index is -0.285. The highest BCUT2D eigenvalue weighted by atomic mass is 16.5. The molecule has 1 heterocycles. The van der Waals surface area contributed by atoms with Crippen LogP contribution in [0.3, 0.4) is 0 Å². The number of hydrogen-bond acceptors (Lipinski definition) is 6. The van der Waals surface area contributed by atoms with Crippen molar-refractivity contribution in [3.8, 4) is 23.0 Å². The molecule has 7 nitrogen and oxygen atoms in total. The van der Waals surface area contributed by atoms with Crippen LogP contribution in [0.4, 0.5) is 5.69 Å². The number of rotatable bonds is 8. The molecule has 2 aromatic carbocycles. The van der Waals surface area contributed by atoms with Crippen LogP contribution in [-0.4, -0.2) is 46.6 Å². The topological polar surface area (TPSA) is 75.3 Å². The van der Waals surface area contributed by atoms with Crippen molar-refractivity contribution in [2.45, 2.75) is 18.9 Å². The predicted octanol–water partition coefficient (Wildman–Crippen LogP) is 3.52. The molecule has 1 aliphatic heterocycles. The second kappa shape index (κ2) is 9.32. The third-order valence-corrected chi connectivity index (χ3v) is 4.50. The number of ether oxygens (including phenoxy) is 5. The number of anilines is 1. The molecular weight excluding hydrogens is 362 g/mol. The van der Waals surface area contributed by atoms with Crippen LogP contribution >= 0.6 is 0 Å². The first-order valence-electron chi connectivity index (χ1n) is 9.10. The summed E-state index contributed by atoms with van der Waals surface area (Å²) in [5, 5.41) is 2.85. The van der Waals surface area contributed by atoms with Gasteiger partial charge in [-0.25, -0.2) is 0 Å². The molecule has 2 aromatic rings. The molecule has 0 saturated carbocycles. The average Bonchev–Trinajstić information content (AvgIpc) is 3.25. The summed E-state index contributed by atoms with van der Waals surface area (Å²) in [4.78, 5) is 12.6. The lowest BCUT2D eigenvalue weighted by Gasteiger charge is -2.14. The molecule has 1 fully saturated rings. The highest BCUT2D eigenvalue weighted by Crippen LogP contribution is 2.38. The van der Waals surface area contributed by atoms with Crippen molar-refractivity contribution in [2.75, 3.05) is 39.9 Å². The Bertz CT molecular complexity index is 774. The summed E-state index contributed by atoms with van der Waals surface area (Å²) in [6.07, 6.45) is 2.28. The van der Waals surface area contributed by atoms with E-state index in [0.29, 0.717) is 35.1 Å². The Morgan fingerprint density at radius 3 is 2.29 bits per heavy atom. The van der Waals surface area contributed by atoms with Gasteiger partial charge >= 0.3 is 0 Å². The summed E-state index contributed by atoms with van der Waals surface area (Å²) in [5.74, 6) is 1.73. The molecule has 150 valence electrons. The Morgan fingerprint density at radius 2 is 1.75 bits per heavy atom. The summed E-state index contributed by atoms with van der Waals surface area (Å²) in [7, 11) is 4.53. The van der Waals surface area contributed by atoms with Gasteiger partial charge < -0.3 is 29.0 Å². The van der Waals surface area contributed by atoms with E-state index in [-0.39, 0.29) is 12.0 Å². The minimum Gasteiger partial charge on any atom is -0.493 e. The molecule has 0 aliphatic carbocycles. The van der Waals surface area contributed by atoms with Gasteiger partial charge in [-0.15, -0.1) is 0 Å². The third-order valence-electron chi connectivity index (χ3n) is 4.50. The molecule has 7 heteroatoms. The summed E-state index contributed by atoms with van der Waals surface area (Å²) >= 11 is 0. The van der Waals surface area contributed by atoms with Gasteiger partial charge in [0.2, 0.25) is 5.75 Å². The number of carbonyl (C=O) groups excluding carboxylic acids is 1. The molecule has 1 amide bonds. The summed E-state index contributed by atoms with van der Waals surface area (Å²) in [6.45, 7) is 1.34. The van der Waals surface area contributed by atoms with Gasteiger partial charge in [0.1, 0.15) is 12.4 Å². The molecule has 1 atom stereocenters. The van der Waals surface area contributed by atoms with E-state index in [1.54, 1.807) is 24.3 Å². The van der Waals surface area contributed by atoms with Crippen molar-refractivity contribution < 1.29 is 28.5 Å². The third kappa shape index (κ3) is 4.67. The lowest BCUT2D eigenvalue weighted by Crippen LogP contribution is -2.16. The van der Waals surface area contributed by atoms with Gasteiger partial charge in [0, 0.05) is 17.9 Å². The number of amides is 1. The zero-order valence-corrected chi connectivity index (χ0v) is 16.3. The van der Waals surface area contributed by atoms with E-state index in [9.17, 15) is 4.79 Å². The molecule has 1 saturated heterocycles. The number of nitrogens with one attached hydrogen (secondary N) is 1. The normalized spacial score (nSPS) is 15.8. The van der Waals surface area contributed by atoms with Gasteiger partial charge in [0.15, 0.2) is 11.5 Å². The van der Waals surface area contributed by atoms with Crippen molar-refractivity contribution in [3.63, 3.8) is 0 Å². The minimum absolute atomic E-state index is 0.166. The molecule has 0 radical (unpaired) electrons. The maximum Gasteiger partial charge on any atom is 0.255 e. The second-order valence-electron chi connectivity index (χ2n) is 6.34. The van der Waals surface area contributed by atoms with Gasteiger partial charge in [-0.3, -0.25) is 4.79 Å². The van der Waals surface area contributed by atoms with E-state index in [1.807, 2.05) is 12.1 Å². The zero-order valence-electron chi connectivity index (χ0n) is 16.3. The smallest absolute Gasteiger partial charge is 0.255 e. The highest BCUT2D eigenvalue weighted by molar-refractivity contribution is 6.05. The van der Waals surface area contributed by atoms with Gasteiger partial charge in [-0.2, -0.15) is 0 Å². The molecule has 1 N–H and O–H groups in total. The SMILES string of the molecule is COc1cc(C(=O)Nc2ccc(OC[C@H]3CCCO3)cc2)cc(OC)c1OC. The van der Waals surface area contributed by atoms with E-state index in [0.717, 1.165) is 25.2 Å². The fraction of sp³-hybridized carbons (Fsp3) is 0.381. The van der Waals surface area contributed by atoms with Crippen LogP contribution in [0.15, 0.2) is 36.4 Å². The monoisotopic (exact) mass is 387 g/mol. The quantitative estimate of drug-likeness (QED) is 0.747. The molecule has 0 bridgehead atoms. The van der Waals surface area contributed by atoms with Crippen molar-refractivity contribution in [1.29, 1.82) is 0 Å². The van der Waals surface area contributed by atoms with Crippen LogP contribution in [0, 0.1) is 0 Å². The van der Waals surface area contributed by atoms with E-state index < -0.39 is 0 Å². The van der Waals surface area contributed by atoms with Gasteiger partial charge in [0.05, 0.1) is 27.4 Å². The van der Waals surface area contributed by atoms with Crippen LogP contribution in [0.2, 0.25) is 0 Å². The standard InChI is InChI=1S/C21H25NO6/c1-24-18-11-14(12-19(25-2)20(18)26-3)21(23)22-15-6-8-16(9-7-15)28-13-17-5-4-10-27-17/h6-9,11-12,17H,4-5,10,13H2,1-3H3,(H,22,23)/t17-/m1/s1. The Hall–Kier alpha value is -2.93. The van der Waals surface area contributed by atoms with Crippen molar-refractivity contribution in [3.05, 3.63) is 42.0 Å². The zero-order chi connectivity index (χ0) is 19.9. The van der Waals surface area contributed by atoms with Crippen molar-refractivity contribution >= 4 is 11.6 Å². The molecule has 0 spiro atoms. The lowest BCUT2D eigenvalue weighted by atomic mass is 10.1. The molecule has 28 heavy (non-hydrogen) atoms. The van der Waals surface area contributed by atoms with Crippen molar-refractivity contribution in [2.24, 2.45) is 0 Å². The van der Waals surface area contributed by atoms with Crippen LogP contribution in [-0.2, 0) is 4.74 Å². The van der Waals surface area contributed by atoms with Crippen LogP contribution < -0.4 is 24.3 Å². The molecule has 3 rings (SSSR count). The van der Waals surface area contributed by atoms with Crippen LogP contribution in [0.1, 0.15) is 23.2 Å². The largest absolute Gasteiger partial charge is 0.493 e. The first-order valence-corrected chi connectivity index (χ1v) is 9.10. The van der Waals surface area contributed by atoms with E-state index in [2.05, 4.69) is 5.32 Å². The molecular formula is C21H25NO6. The predicted molar refractivity (Wildman–Crippen MR) is 105 cm³/mol. The number of methoxy groups -OCH3 is 3. The number of hydrogen-bond donors (Lipinski definition) is 1. The second-order valence-corrected chi connectivity index (χ2v) is 6.34. The average molecular weight is 387 g/mol. The Morgan fingerprint density at radius 1 is 1.07 bits per heavy atom. The molecule has 0 unspecified atom stereocenters. The fourth-order valence-corrected chi connectivity index (χ4v) is 3.01. The fourth-order valence-electron chi connectivity index (χ4n) is 3.01.